The number of nitrogens with one attached hydrogen (secondary N) is 1. The van der Waals surface area contributed by atoms with Crippen molar-refractivity contribution in [1.82, 2.24) is 9.55 Å². The molecule has 1 N–H and O–H groups in total. The number of thioether (sulfide) groups is 2. The molecule has 0 saturated carbocycles. The van der Waals surface area contributed by atoms with Crippen molar-refractivity contribution in [3.8, 4) is 5.69 Å². The molecular weight excluding hydrogens is 478 g/mol. The van der Waals surface area contributed by atoms with Crippen LogP contribution in [0.3, 0.4) is 0 Å². The Morgan fingerprint density at radius 2 is 1.91 bits per heavy atom. The van der Waals surface area contributed by atoms with E-state index in [0.717, 1.165) is 17.8 Å². The lowest BCUT2D eigenvalue weighted by Gasteiger charge is -2.15. The van der Waals surface area contributed by atoms with E-state index in [1.807, 2.05) is 6.92 Å². The highest BCUT2D eigenvalue weighted by molar-refractivity contribution is 8.00. The molecule has 2 heterocycles. The number of hydrogen-bond acceptors (Lipinski definition) is 5. The topological polar surface area (TPSA) is 64.0 Å². The summed E-state index contributed by atoms with van der Waals surface area (Å²) < 4.78 is 54.3. The highest BCUT2D eigenvalue weighted by Gasteiger charge is 2.33. The van der Waals surface area contributed by atoms with E-state index < -0.39 is 23.5 Å². The Kier molecular flexibility index (Phi) is 6.53. The molecule has 2 aromatic carbocycles. The zero-order chi connectivity index (χ0) is 23.8. The molecule has 1 aliphatic heterocycles. The van der Waals surface area contributed by atoms with Gasteiger partial charge in [0, 0.05) is 11.7 Å². The Bertz CT molecular complexity index is 1260. The van der Waals surface area contributed by atoms with E-state index in [9.17, 15) is 27.2 Å². The third kappa shape index (κ3) is 5.09. The molecule has 1 amide bonds. The fourth-order valence-electron chi connectivity index (χ4n) is 3.37. The summed E-state index contributed by atoms with van der Waals surface area (Å²) in [4.78, 5) is 30.7. The number of fused-ring (bicyclic) bond motifs is 1. The van der Waals surface area contributed by atoms with E-state index in [-0.39, 0.29) is 27.4 Å². The number of hydrogen-bond donors (Lipinski definition) is 1. The maximum atomic E-state index is 13.4. The maximum Gasteiger partial charge on any atom is 0.418 e. The smallest absolute Gasteiger partial charge is 0.325 e. The van der Waals surface area contributed by atoms with Crippen molar-refractivity contribution in [2.75, 3.05) is 11.1 Å². The van der Waals surface area contributed by atoms with Gasteiger partial charge in [0.1, 0.15) is 5.82 Å². The first-order valence-electron chi connectivity index (χ1n) is 9.81. The van der Waals surface area contributed by atoms with Crippen molar-refractivity contribution < 1.29 is 22.4 Å². The number of aromatic nitrogens is 2. The molecule has 0 saturated heterocycles. The molecule has 1 aromatic heterocycles. The molecule has 0 aliphatic carbocycles. The number of carbonyl (C=O) groups excluding carboxylic acids is 1. The Hall–Kier alpha value is -2.79. The quantitative estimate of drug-likeness (QED) is 0.301. The zero-order valence-corrected chi connectivity index (χ0v) is 18.8. The van der Waals surface area contributed by atoms with Crippen LogP contribution in [0.1, 0.15) is 18.2 Å². The average Bonchev–Trinajstić information content (AvgIpc) is 3.13. The van der Waals surface area contributed by atoms with Gasteiger partial charge in [-0.3, -0.25) is 14.2 Å². The van der Waals surface area contributed by atoms with Gasteiger partial charge in [-0.25, -0.2) is 9.37 Å². The minimum atomic E-state index is -4.62. The Morgan fingerprint density at radius 1 is 1.21 bits per heavy atom. The lowest BCUT2D eigenvalue weighted by atomic mass is 10.1. The van der Waals surface area contributed by atoms with Gasteiger partial charge in [-0.05, 0) is 36.4 Å². The summed E-state index contributed by atoms with van der Waals surface area (Å²) in [6.07, 6.45) is -4.03. The van der Waals surface area contributed by atoms with Crippen LogP contribution in [0.5, 0.6) is 0 Å². The van der Waals surface area contributed by atoms with Gasteiger partial charge in [-0.15, -0.1) is 11.8 Å². The molecule has 0 radical (unpaired) electrons. The number of amides is 1. The summed E-state index contributed by atoms with van der Waals surface area (Å²) >= 11 is 2.33. The molecule has 5 nitrogen and oxygen atoms in total. The second-order valence-corrected chi connectivity index (χ2v) is 9.69. The molecule has 0 bridgehead atoms. The van der Waals surface area contributed by atoms with Crippen molar-refractivity contribution in [1.29, 1.82) is 0 Å². The van der Waals surface area contributed by atoms with Crippen molar-refractivity contribution in [2.45, 2.75) is 34.8 Å². The van der Waals surface area contributed by atoms with E-state index in [1.54, 1.807) is 0 Å². The summed E-state index contributed by atoms with van der Waals surface area (Å²) in [7, 11) is 0. The maximum absolute atomic E-state index is 13.4. The van der Waals surface area contributed by atoms with Crippen LogP contribution in [-0.4, -0.2) is 26.5 Å². The molecule has 172 valence electrons. The van der Waals surface area contributed by atoms with Crippen LogP contribution in [-0.2, 0) is 17.4 Å². The summed E-state index contributed by atoms with van der Waals surface area (Å²) in [5, 5.41) is 2.64. The number of para-hydroxylation sites is 1. The molecule has 4 rings (SSSR count). The van der Waals surface area contributed by atoms with Gasteiger partial charge in [0.15, 0.2) is 5.16 Å². The molecule has 3 aromatic rings. The summed E-state index contributed by atoms with van der Waals surface area (Å²) in [6, 6.07) is 9.96. The lowest BCUT2D eigenvalue weighted by Crippen LogP contribution is -2.25. The molecule has 0 fully saturated rings. The molecule has 1 aliphatic rings. The van der Waals surface area contributed by atoms with Crippen LogP contribution >= 0.6 is 23.5 Å². The number of carbonyl (C=O) groups is 1. The van der Waals surface area contributed by atoms with Crippen LogP contribution in [0.15, 0.2) is 63.4 Å². The predicted molar refractivity (Wildman–Crippen MR) is 120 cm³/mol. The average molecular weight is 496 g/mol. The monoisotopic (exact) mass is 495 g/mol. The van der Waals surface area contributed by atoms with Gasteiger partial charge in [0.2, 0.25) is 5.91 Å². The minimum Gasteiger partial charge on any atom is -0.325 e. The largest absolute Gasteiger partial charge is 0.418 e. The van der Waals surface area contributed by atoms with E-state index in [2.05, 4.69) is 10.3 Å². The third-order valence-corrected chi connectivity index (χ3v) is 6.96. The van der Waals surface area contributed by atoms with Gasteiger partial charge >= 0.3 is 6.18 Å². The normalized spacial score (nSPS) is 15.4. The van der Waals surface area contributed by atoms with Gasteiger partial charge in [0.25, 0.3) is 5.56 Å². The molecular formula is C22H17F4N3O2S2. The summed E-state index contributed by atoms with van der Waals surface area (Å²) in [5.41, 5.74) is -0.637. The van der Waals surface area contributed by atoms with Crippen molar-refractivity contribution in [3.05, 3.63) is 76.0 Å². The minimum absolute atomic E-state index is 0.157. The number of anilines is 1. The summed E-state index contributed by atoms with van der Waals surface area (Å²) in [6.45, 7) is 1.96. The van der Waals surface area contributed by atoms with Gasteiger partial charge < -0.3 is 5.32 Å². The Balaban J connectivity index is 1.62. The van der Waals surface area contributed by atoms with E-state index in [1.165, 1.54) is 58.8 Å². The first-order chi connectivity index (χ1) is 15.6. The van der Waals surface area contributed by atoms with E-state index in [0.29, 0.717) is 22.7 Å². The number of benzene rings is 2. The first kappa shape index (κ1) is 23.4. The highest BCUT2D eigenvalue weighted by Crippen LogP contribution is 2.36. The molecule has 1 atom stereocenters. The van der Waals surface area contributed by atoms with Crippen LogP contribution in [0.25, 0.3) is 5.69 Å². The van der Waals surface area contributed by atoms with Gasteiger partial charge in [-0.1, -0.05) is 30.8 Å². The number of halogens is 4. The Morgan fingerprint density at radius 3 is 2.61 bits per heavy atom. The molecule has 33 heavy (non-hydrogen) atoms. The number of alkyl halides is 3. The van der Waals surface area contributed by atoms with Gasteiger partial charge in [0.05, 0.1) is 33.3 Å². The van der Waals surface area contributed by atoms with E-state index >= 15 is 0 Å². The zero-order valence-electron chi connectivity index (χ0n) is 17.1. The van der Waals surface area contributed by atoms with Crippen molar-refractivity contribution >= 4 is 35.1 Å². The lowest BCUT2D eigenvalue weighted by molar-refractivity contribution is -0.137. The van der Waals surface area contributed by atoms with Crippen LogP contribution in [0.4, 0.5) is 23.2 Å². The highest BCUT2D eigenvalue weighted by atomic mass is 32.2. The molecule has 11 heteroatoms. The second kappa shape index (κ2) is 9.22. The van der Waals surface area contributed by atoms with Crippen LogP contribution in [0, 0.1) is 5.82 Å². The van der Waals surface area contributed by atoms with E-state index in [4.69, 9.17) is 0 Å². The molecule has 0 spiro atoms. The summed E-state index contributed by atoms with van der Waals surface area (Å²) in [5.74, 6) is -1.43. The third-order valence-electron chi connectivity index (χ3n) is 4.80. The standard InChI is InChI=1S/C22H17F4N3O2S2/c1-12-10-17-19(33-12)20(31)29(14-8-6-13(23)7-9-14)21(28-17)32-11-18(30)27-16-5-3-2-4-15(16)22(24,25)26/h2-9,12H,10-11H2,1H3,(H,27,30)/t12-/m1/s1. The van der Waals surface area contributed by atoms with Crippen LogP contribution in [0.2, 0.25) is 0 Å². The molecule has 0 unspecified atom stereocenters. The van der Waals surface area contributed by atoms with Crippen LogP contribution < -0.4 is 10.9 Å². The fourth-order valence-corrected chi connectivity index (χ4v) is 5.30. The van der Waals surface area contributed by atoms with Crippen molar-refractivity contribution in [3.63, 3.8) is 0 Å². The fraction of sp³-hybridized carbons (Fsp3) is 0.227. The number of rotatable bonds is 5. The SMILES string of the molecule is C[C@@H]1Cc2nc(SCC(=O)Nc3ccccc3C(F)(F)F)n(-c3ccc(F)cc3)c(=O)c2S1. The van der Waals surface area contributed by atoms with Gasteiger partial charge in [-0.2, -0.15) is 13.2 Å². The van der Waals surface area contributed by atoms with Crippen molar-refractivity contribution in [2.24, 2.45) is 0 Å². The first-order valence-corrected chi connectivity index (χ1v) is 11.7. The number of nitrogens with zero attached hydrogens (tertiary/aromatic N) is 2. The Labute approximate surface area is 194 Å². The predicted octanol–water partition coefficient (Wildman–Crippen LogP) is 5.16. The second-order valence-electron chi connectivity index (χ2n) is 7.30.